The van der Waals surface area contributed by atoms with Gasteiger partial charge in [0, 0.05) is 12.6 Å². The molecule has 5 nitrogen and oxygen atoms in total. The van der Waals surface area contributed by atoms with Crippen LogP contribution in [-0.4, -0.2) is 29.6 Å². The van der Waals surface area contributed by atoms with Crippen molar-refractivity contribution in [3.05, 3.63) is 47.3 Å². The molecule has 1 saturated heterocycles. The smallest absolute Gasteiger partial charge is 0.227 e. The Morgan fingerprint density at radius 1 is 1.38 bits per heavy atom. The standard InChI is InChI=1S/C19H24N2O3/c1-13(2)16-12-18(24-20-16)17-5-4-10-21(17)19(22)11-14-6-8-15(23-3)9-7-14/h6-9,12-13,17H,4-5,10-11H2,1-3H3/t17-/m1/s1. The summed E-state index contributed by atoms with van der Waals surface area (Å²) >= 11 is 0. The number of methoxy groups -OCH3 is 1. The van der Waals surface area contributed by atoms with Crippen molar-refractivity contribution in [1.29, 1.82) is 0 Å². The van der Waals surface area contributed by atoms with E-state index in [1.807, 2.05) is 35.2 Å². The van der Waals surface area contributed by atoms with Gasteiger partial charge in [0.1, 0.15) is 5.75 Å². The Morgan fingerprint density at radius 2 is 2.12 bits per heavy atom. The summed E-state index contributed by atoms with van der Waals surface area (Å²) in [6, 6.07) is 9.65. The van der Waals surface area contributed by atoms with E-state index in [4.69, 9.17) is 9.26 Å². The lowest BCUT2D eigenvalue weighted by atomic mass is 10.1. The van der Waals surface area contributed by atoms with Gasteiger partial charge in [-0.3, -0.25) is 4.79 Å². The Hall–Kier alpha value is -2.30. The first-order valence-electron chi connectivity index (χ1n) is 8.47. The maximum Gasteiger partial charge on any atom is 0.227 e. The van der Waals surface area contributed by atoms with E-state index in [2.05, 4.69) is 19.0 Å². The van der Waals surface area contributed by atoms with Gasteiger partial charge in [0.25, 0.3) is 0 Å². The third-order valence-corrected chi connectivity index (χ3v) is 4.55. The minimum Gasteiger partial charge on any atom is -0.497 e. The Kier molecular flexibility index (Phi) is 4.88. The van der Waals surface area contributed by atoms with E-state index in [9.17, 15) is 4.79 Å². The fourth-order valence-corrected chi connectivity index (χ4v) is 3.11. The van der Waals surface area contributed by atoms with Crippen LogP contribution < -0.4 is 4.74 Å². The van der Waals surface area contributed by atoms with Crippen molar-refractivity contribution in [3.8, 4) is 5.75 Å². The van der Waals surface area contributed by atoms with Crippen LogP contribution in [0.1, 0.15) is 55.7 Å². The van der Waals surface area contributed by atoms with Gasteiger partial charge in [-0.1, -0.05) is 31.1 Å². The molecule has 1 atom stereocenters. The summed E-state index contributed by atoms with van der Waals surface area (Å²) in [5.74, 6) is 2.06. The molecule has 1 aromatic heterocycles. The van der Waals surface area contributed by atoms with Crippen LogP contribution in [-0.2, 0) is 11.2 Å². The molecule has 0 bridgehead atoms. The lowest BCUT2D eigenvalue weighted by Gasteiger charge is -2.22. The van der Waals surface area contributed by atoms with Crippen LogP contribution in [0.5, 0.6) is 5.75 Å². The summed E-state index contributed by atoms with van der Waals surface area (Å²) in [5, 5.41) is 4.13. The average molecular weight is 328 g/mol. The highest BCUT2D eigenvalue weighted by molar-refractivity contribution is 5.79. The van der Waals surface area contributed by atoms with E-state index in [1.165, 1.54) is 0 Å². The highest BCUT2D eigenvalue weighted by Crippen LogP contribution is 2.33. The number of ether oxygens (including phenoxy) is 1. The number of aromatic nitrogens is 1. The first-order valence-corrected chi connectivity index (χ1v) is 8.47. The number of likely N-dealkylation sites (tertiary alicyclic amines) is 1. The maximum absolute atomic E-state index is 12.7. The van der Waals surface area contributed by atoms with Gasteiger partial charge < -0.3 is 14.2 Å². The van der Waals surface area contributed by atoms with E-state index in [0.717, 1.165) is 42.2 Å². The van der Waals surface area contributed by atoms with Crippen molar-refractivity contribution >= 4 is 5.91 Å². The number of nitrogens with zero attached hydrogens (tertiary/aromatic N) is 2. The molecule has 0 unspecified atom stereocenters. The molecule has 1 aliphatic rings. The van der Waals surface area contributed by atoms with Crippen molar-refractivity contribution in [2.24, 2.45) is 0 Å². The molecule has 2 heterocycles. The Bertz CT molecular complexity index is 691. The maximum atomic E-state index is 12.7. The lowest BCUT2D eigenvalue weighted by Crippen LogP contribution is -2.31. The zero-order valence-electron chi connectivity index (χ0n) is 14.5. The third-order valence-electron chi connectivity index (χ3n) is 4.55. The average Bonchev–Trinajstić information content (AvgIpc) is 3.24. The largest absolute Gasteiger partial charge is 0.497 e. The lowest BCUT2D eigenvalue weighted by molar-refractivity contribution is -0.131. The van der Waals surface area contributed by atoms with Crippen LogP contribution in [0.15, 0.2) is 34.9 Å². The second kappa shape index (κ2) is 7.07. The van der Waals surface area contributed by atoms with Crippen LogP contribution in [0.25, 0.3) is 0 Å². The minimum absolute atomic E-state index is 0.00995. The first-order chi connectivity index (χ1) is 11.6. The van der Waals surface area contributed by atoms with E-state index < -0.39 is 0 Å². The highest BCUT2D eigenvalue weighted by Gasteiger charge is 2.32. The number of rotatable bonds is 5. The topological polar surface area (TPSA) is 55.6 Å². The molecular weight excluding hydrogens is 304 g/mol. The van der Waals surface area contributed by atoms with Crippen LogP contribution in [0.2, 0.25) is 0 Å². The molecule has 0 saturated carbocycles. The summed E-state index contributed by atoms with van der Waals surface area (Å²) in [7, 11) is 1.64. The van der Waals surface area contributed by atoms with Gasteiger partial charge in [-0.05, 0) is 36.5 Å². The van der Waals surface area contributed by atoms with Gasteiger partial charge in [-0.2, -0.15) is 0 Å². The molecule has 0 N–H and O–H groups in total. The highest BCUT2D eigenvalue weighted by atomic mass is 16.5. The first kappa shape index (κ1) is 16.6. The van der Waals surface area contributed by atoms with E-state index >= 15 is 0 Å². The van der Waals surface area contributed by atoms with Gasteiger partial charge in [-0.15, -0.1) is 0 Å². The molecule has 128 valence electrons. The predicted octanol–water partition coefficient (Wildman–Crippen LogP) is 3.71. The second-order valence-electron chi connectivity index (χ2n) is 6.58. The van der Waals surface area contributed by atoms with E-state index in [0.29, 0.717) is 12.3 Å². The Balaban J connectivity index is 1.70. The van der Waals surface area contributed by atoms with E-state index in [1.54, 1.807) is 7.11 Å². The predicted molar refractivity (Wildman–Crippen MR) is 91.0 cm³/mol. The monoisotopic (exact) mass is 328 g/mol. The third kappa shape index (κ3) is 3.45. The molecule has 3 rings (SSSR count). The quantitative estimate of drug-likeness (QED) is 0.839. The SMILES string of the molecule is COc1ccc(CC(=O)N2CCC[C@@H]2c2cc(C(C)C)no2)cc1. The number of carbonyl (C=O) groups excluding carboxylic acids is 1. The van der Waals surface area contributed by atoms with Crippen LogP contribution in [0, 0.1) is 0 Å². The summed E-state index contributed by atoms with van der Waals surface area (Å²) in [4.78, 5) is 14.7. The minimum atomic E-state index is 0.00995. The number of hydrogen-bond donors (Lipinski definition) is 0. The molecule has 0 aliphatic carbocycles. The Labute approximate surface area is 142 Å². The molecule has 0 spiro atoms. The molecule has 24 heavy (non-hydrogen) atoms. The Morgan fingerprint density at radius 3 is 2.75 bits per heavy atom. The fraction of sp³-hybridized carbons (Fsp3) is 0.474. The number of amides is 1. The van der Waals surface area contributed by atoms with Crippen LogP contribution in [0.4, 0.5) is 0 Å². The number of hydrogen-bond acceptors (Lipinski definition) is 4. The molecular formula is C19H24N2O3. The molecule has 5 heteroatoms. The number of benzene rings is 1. The second-order valence-corrected chi connectivity index (χ2v) is 6.58. The molecule has 2 aromatic rings. The summed E-state index contributed by atoms with van der Waals surface area (Å²) in [5.41, 5.74) is 1.94. The molecule has 1 amide bonds. The normalized spacial score (nSPS) is 17.5. The summed E-state index contributed by atoms with van der Waals surface area (Å²) < 4.78 is 10.7. The molecule has 0 radical (unpaired) electrons. The van der Waals surface area contributed by atoms with Gasteiger partial charge in [-0.25, -0.2) is 0 Å². The fourth-order valence-electron chi connectivity index (χ4n) is 3.11. The summed E-state index contributed by atoms with van der Waals surface area (Å²) in [6.07, 6.45) is 2.32. The van der Waals surface area contributed by atoms with Gasteiger partial charge in [0.05, 0.1) is 25.3 Å². The van der Waals surface area contributed by atoms with Crippen molar-refractivity contribution in [2.45, 2.75) is 45.1 Å². The molecule has 1 aliphatic heterocycles. The zero-order chi connectivity index (χ0) is 17.1. The van der Waals surface area contributed by atoms with Crippen LogP contribution in [0.3, 0.4) is 0 Å². The van der Waals surface area contributed by atoms with Crippen molar-refractivity contribution in [3.63, 3.8) is 0 Å². The van der Waals surface area contributed by atoms with Gasteiger partial charge >= 0.3 is 0 Å². The van der Waals surface area contributed by atoms with Crippen molar-refractivity contribution in [1.82, 2.24) is 10.1 Å². The van der Waals surface area contributed by atoms with Crippen molar-refractivity contribution < 1.29 is 14.1 Å². The van der Waals surface area contributed by atoms with Gasteiger partial charge in [0.15, 0.2) is 5.76 Å². The molecule has 1 aromatic carbocycles. The molecule has 1 fully saturated rings. The van der Waals surface area contributed by atoms with Crippen molar-refractivity contribution in [2.75, 3.05) is 13.7 Å². The summed E-state index contributed by atoms with van der Waals surface area (Å²) in [6.45, 7) is 4.95. The zero-order valence-corrected chi connectivity index (χ0v) is 14.5. The van der Waals surface area contributed by atoms with E-state index in [-0.39, 0.29) is 11.9 Å². The van der Waals surface area contributed by atoms with Gasteiger partial charge in [0.2, 0.25) is 5.91 Å². The van der Waals surface area contributed by atoms with Crippen LogP contribution >= 0.6 is 0 Å². The number of carbonyl (C=O) groups is 1.